The number of aromatic nitrogens is 4. The number of nitrogens with one attached hydrogen (secondary N) is 3. The van der Waals surface area contributed by atoms with Crippen LogP contribution in [0.4, 0.5) is 0 Å². The van der Waals surface area contributed by atoms with Gasteiger partial charge in [0.2, 0.25) is 11.8 Å². The molecule has 1 atom stereocenters. The van der Waals surface area contributed by atoms with Gasteiger partial charge in [0, 0.05) is 89.3 Å². The molecule has 1 fully saturated rings. The fourth-order valence-corrected chi connectivity index (χ4v) is 7.40. The number of pyridine rings is 2. The number of nitrogens with zero attached hydrogens (tertiary/aromatic N) is 5. The third-order valence-corrected chi connectivity index (χ3v) is 10.4. The number of aliphatic hydroxyl groups is 1. The number of halogens is 2. The van der Waals surface area contributed by atoms with E-state index in [1.165, 1.54) is 6.20 Å². The lowest BCUT2D eigenvalue weighted by Gasteiger charge is -2.16. The lowest BCUT2D eigenvalue weighted by molar-refractivity contribution is -0.119. The molecule has 1 saturated heterocycles. The number of nitriles is 1. The quantitative estimate of drug-likeness (QED) is 0.0806. The number of methoxy groups -OCH3 is 1. The van der Waals surface area contributed by atoms with Crippen LogP contribution in [-0.2, 0) is 31.0 Å². The Morgan fingerprint density at radius 2 is 1.80 bits per heavy atom. The third kappa shape index (κ3) is 8.78. The van der Waals surface area contributed by atoms with Crippen LogP contribution in [0.5, 0.6) is 11.6 Å². The molecule has 3 aromatic heterocycles. The molecule has 4 heterocycles. The minimum atomic E-state index is -0.0000300. The van der Waals surface area contributed by atoms with E-state index in [0.29, 0.717) is 72.1 Å². The van der Waals surface area contributed by atoms with Gasteiger partial charge in [0.15, 0.2) is 0 Å². The zero-order chi connectivity index (χ0) is 39.0. The van der Waals surface area contributed by atoms with Gasteiger partial charge in [0.25, 0.3) is 0 Å². The normalized spacial score (nSPS) is 13.8. The second kappa shape index (κ2) is 17.9. The molecule has 0 bridgehead atoms. The van der Waals surface area contributed by atoms with Crippen LogP contribution in [-0.4, -0.2) is 63.6 Å². The second-order valence-corrected chi connectivity index (χ2v) is 14.2. The average Bonchev–Trinajstić information content (AvgIpc) is 3.84. The first-order chi connectivity index (χ1) is 27.3. The molecule has 0 unspecified atom stereocenters. The fourth-order valence-electron chi connectivity index (χ4n) is 6.83. The summed E-state index contributed by atoms with van der Waals surface area (Å²) in [5.74, 6) is 1.21. The maximum absolute atomic E-state index is 11.6. The van der Waals surface area contributed by atoms with Gasteiger partial charge in [-0.25, -0.2) is 4.98 Å². The zero-order valence-electron chi connectivity index (χ0n) is 30.7. The van der Waals surface area contributed by atoms with Gasteiger partial charge in [0.05, 0.1) is 48.3 Å². The molecule has 0 radical (unpaired) electrons. The summed E-state index contributed by atoms with van der Waals surface area (Å²) in [7, 11) is 1.60. The van der Waals surface area contributed by atoms with Crippen molar-refractivity contribution in [2.24, 2.45) is 0 Å². The van der Waals surface area contributed by atoms with Crippen molar-refractivity contribution in [1.29, 1.82) is 5.26 Å². The van der Waals surface area contributed by atoms with E-state index in [9.17, 15) is 15.2 Å². The molecule has 6 aromatic rings. The third-order valence-electron chi connectivity index (χ3n) is 9.65. The molecule has 12 nitrogen and oxygen atoms in total. The highest BCUT2D eigenvalue weighted by atomic mass is 35.5. The van der Waals surface area contributed by atoms with Crippen LogP contribution in [0, 0.1) is 11.3 Å². The first-order valence-corrected chi connectivity index (χ1v) is 19.0. The van der Waals surface area contributed by atoms with Crippen molar-refractivity contribution in [3.63, 3.8) is 0 Å². The number of carbonyl (C=O) groups excluding carboxylic acids is 1. The summed E-state index contributed by atoms with van der Waals surface area (Å²) in [4.78, 5) is 20.5. The highest BCUT2D eigenvalue weighted by Gasteiger charge is 2.21. The van der Waals surface area contributed by atoms with Crippen LogP contribution in [0.1, 0.15) is 40.7 Å². The van der Waals surface area contributed by atoms with Gasteiger partial charge in [-0.15, -0.1) is 0 Å². The van der Waals surface area contributed by atoms with Crippen molar-refractivity contribution < 1.29 is 19.4 Å². The first-order valence-electron chi connectivity index (χ1n) is 18.2. The van der Waals surface area contributed by atoms with Crippen molar-refractivity contribution in [3.05, 3.63) is 123 Å². The largest absolute Gasteiger partial charge is 0.489 e. The number of fused-ring (bicyclic) bond motifs is 1. The first kappa shape index (κ1) is 38.7. The Kier molecular flexibility index (Phi) is 12.4. The molecule has 0 aliphatic carbocycles. The van der Waals surface area contributed by atoms with Crippen molar-refractivity contribution in [2.45, 2.75) is 45.1 Å². The standard InChI is InChI=1S/C42H40Cl2N8O4/c1-55-42-28(20-48-22-31-9-11-40(54)50-31)8-10-37(51-42)34-6-2-5-33(41(34)44)32-4-3-7-38-35(32)23-49-52(38)24-30-16-39(29(15-36(30)43)21-46-12-13-53)56-25-27-14-26(17-45)18-47-19-27/h2-8,10,14-16,18-19,23,31,46,48,53H,9,11-13,20-22,24-25H2,1H3,(H,50,54)/t31-/m0/s1. The molecular weight excluding hydrogens is 751 g/mol. The van der Waals surface area contributed by atoms with E-state index in [-0.39, 0.29) is 25.2 Å². The van der Waals surface area contributed by atoms with Crippen molar-refractivity contribution in [2.75, 3.05) is 26.8 Å². The Morgan fingerprint density at radius 3 is 2.61 bits per heavy atom. The molecule has 1 amide bonds. The number of amides is 1. The van der Waals surface area contributed by atoms with Gasteiger partial charge in [0.1, 0.15) is 18.4 Å². The van der Waals surface area contributed by atoms with Gasteiger partial charge in [-0.2, -0.15) is 10.4 Å². The summed E-state index contributed by atoms with van der Waals surface area (Å²) in [6, 6.07) is 23.6. The molecule has 56 heavy (non-hydrogen) atoms. The van der Waals surface area contributed by atoms with Crippen LogP contribution in [0.15, 0.2) is 85.3 Å². The molecular formula is C42H40Cl2N8O4. The smallest absolute Gasteiger partial charge is 0.220 e. The monoisotopic (exact) mass is 790 g/mol. The predicted octanol–water partition coefficient (Wildman–Crippen LogP) is 6.42. The molecule has 0 spiro atoms. The highest BCUT2D eigenvalue weighted by Crippen LogP contribution is 2.40. The summed E-state index contributed by atoms with van der Waals surface area (Å²) in [5.41, 5.74) is 7.84. The SMILES string of the molecule is COc1nc(-c2cccc(-c3cccc4c3cnn4Cc3cc(OCc4cncc(C#N)c4)c(CNCCO)cc3Cl)c2Cl)ccc1CNC[C@@H]1CCC(=O)N1. The van der Waals surface area contributed by atoms with E-state index in [1.54, 1.807) is 19.4 Å². The van der Waals surface area contributed by atoms with E-state index < -0.39 is 0 Å². The fraction of sp³-hybridized carbons (Fsp3) is 0.262. The van der Waals surface area contributed by atoms with Gasteiger partial charge in [-0.05, 0) is 47.9 Å². The highest BCUT2D eigenvalue weighted by molar-refractivity contribution is 6.36. The Labute approximate surface area is 334 Å². The number of carbonyl (C=O) groups is 1. The van der Waals surface area contributed by atoms with Crippen LogP contribution in [0.2, 0.25) is 10.0 Å². The summed E-state index contributed by atoms with van der Waals surface area (Å²) in [6.07, 6.45) is 6.40. The number of hydrogen-bond acceptors (Lipinski definition) is 10. The van der Waals surface area contributed by atoms with Gasteiger partial charge < -0.3 is 30.5 Å². The summed E-state index contributed by atoms with van der Waals surface area (Å²) in [6.45, 7) is 2.64. The Balaban J connectivity index is 1.13. The number of benzene rings is 3. The van der Waals surface area contributed by atoms with Crippen LogP contribution in [0.25, 0.3) is 33.3 Å². The van der Waals surface area contributed by atoms with Crippen molar-refractivity contribution in [1.82, 2.24) is 35.7 Å². The maximum Gasteiger partial charge on any atom is 0.220 e. The lowest BCUT2D eigenvalue weighted by Crippen LogP contribution is -2.35. The number of ether oxygens (including phenoxy) is 2. The number of rotatable bonds is 16. The minimum absolute atomic E-state index is 0.0000300. The topological polar surface area (TPSA) is 159 Å². The van der Waals surface area contributed by atoms with Crippen LogP contribution >= 0.6 is 23.2 Å². The minimum Gasteiger partial charge on any atom is -0.489 e. The van der Waals surface area contributed by atoms with Crippen molar-refractivity contribution >= 4 is 40.0 Å². The molecule has 4 N–H and O–H groups in total. The Bertz CT molecular complexity index is 2410. The number of aliphatic hydroxyl groups excluding tert-OH is 1. The van der Waals surface area contributed by atoms with E-state index >= 15 is 0 Å². The van der Waals surface area contributed by atoms with E-state index in [1.807, 2.05) is 71.5 Å². The summed E-state index contributed by atoms with van der Waals surface area (Å²) >= 11 is 14.1. The molecule has 14 heteroatoms. The van der Waals surface area contributed by atoms with Crippen LogP contribution in [0.3, 0.4) is 0 Å². The van der Waals surface area contributed by atoms with Crippen LogP contribution < -0.4 is 25.4 Å². The molecule has 1 aliphatic heterocycles. The summed E-state index contributed by atoms with van der Waals surface area (Å²) < 4.78 is 13.8. The molecule has 3 aromatic carbocycles. The van der Waals surface area contributed by atoms with Gasteiger partial charge in [-0.3, -0.25) is 14.5 Å². The molecule has 286 valence electrons. The predicted molar refractivity (Wildman–Crippen MR) is 215 cm³/mol. The molecule has 1 aliphatic rings. The second-order valence-electron chi connectivity index (χ2n) is 13.4. The Morgan fingerprint density at radius 1 is 0.982 bits per heavy atom. The summed E-state index contributed by atoms with van der Waals surface area (Å²) in [5, 5.41) is 35.0. The maximum atomic E-state index is 11.6. The number of hydrogen-bond donors (Lipinski definition) is 4. The Hall–Kier alpha value is -5.55. The van der Waals surface area contributed by atoms with Gasteiger partial charge in [-0.1, -0.05) is 59.6 Å². The lowest BCUT2D eigenvalue weighted by atomic mass is 9.98. The molecule has 0 saturated carbocycles. The molecule has 7 rings (SSSR count). The van der Waals surface area contributed by atoms with E-state index in [2.05, 4.69) is 27.0 Å². The van der Waals surface area contributed by atoms with Gasteiger partial charge >= 0.3 is 0 Å². The van der Waals surface area contributed by atoms with E-state index in [4.69, 9.17) is 42.8 Å². The van der Waals surface area contributed by atoms with Crippen molar-refractivity contribution in [3.8, 4) is 40.1 Å². The zero-order valence-corrected chi connectivity index (χ0v) is 32.2. The average molecular weight is 792 g/mol. The van der Waals surface area contributed by atoms with E-state index in [0.717, 1.165) is 56.3 Å².